The molecule has 0 bridgehead atoms. The lowest BCUT2D eigenvalue weighted by atomic mass is 9.80. The van der Waals surface area contributed by atoms with E-state index in [-0.39, 0.29) is 25.6 Å². The van der Waals surface area contributed by atoms with Gasteiger partial charge in [0.05, 0.1) is 6.61 Å². The molecule has 6 nitrogen and oxygen atoms in total. The summed E-state index contributed by atoms with van der Waals surface area (Å²) in [5, 5.41) is 0. The maximum atomic E-state index is 11.8. The summed E-state index contributed by atoms with van der Waals surface area (Å²) in [5.74, 6) is -0.340. The van der Waals surface area contributed by atoms with E-state index in [2.05, 4.69) is 0 Å². The molecule has 0 aromatic heterocycles. The SMILES string of the molecule is CCOC(=O)C1(CN)CN(C(=O)OC(C)(C)C)C1. The molecule has 0 radical (unpaired) electrons. The normalized spacial score (nSPS) is 17.9. The van der Waals surface area contributed by atoms with Crippen LogP contribution in [0.25, 0.3) is 0 Å². The molecule has 1 fully saturated rings. The number of amides is 1. The van der Waals surface area contributed by atoms with Crippen LogP contribution in [0.5, 0.6) is 0 Å². The number of carbonyl (C=O) groups is 2. The van der Waals surface area contributed by atoms with Gasteiger partial charge < -0.3 is 20.1 Å². The van der Waals surface area contributed by atoms with E-state index in [1.54, 1.807) is 27.7 Å². The minimum atomic E-state index is -0.757. The van der Waals surface area contributed by atoms with Gasteiger partial charge in [-0.2, -0.15) is 0 Å². The number of ether oxygens (including phenoxy) is 2. The van der Waals surface area contributed by atoms with Gasteiger partial charge in [-0.1, -0.05) is 0 Å². The number of hydrogen-bond donors (Lipinski definition) is 1. The van der Waals surface area contributed by atoms with Gasteiger partial charge in [0.1, 0.15) is 11.0 Å². The zero-order chi connectivity index (χ0) is 14.0. The van der Waals surface area contributed by atoms with Gasteiger partial charge in [0, 0.05) is 19.6 Å². The average molecular weight is 258 g/mol. The van der Waals surface area contributed by atoms with Crippen molar-refractivity contribution >= 4 is 12.1 Å². The van der Waals surface area contributed by atoms with E-state index in [0.717, 1.165) is 0 Å². The molecule has 0 unspecified atom stereocenters. The summed E-state index contributed by atoms with van der Waals surface area (Å²) in [6.07, 6.45) is -0.420. The fraction of sp³-hybridized carbons (Fsp3) is 0.833. The number of likely N-dealkylation sites (tertiary alicyclic amines) is 1. The van der Waals surface area contributed by atoms with Crippen LogP contribution in [0.3, 0.4) is 0 Å². The number of nitrogens with zero attached hydrogens (tertiary/aromatic N) is 1. The summed E-state index contributed by atoms with van der Waals surface area (Å²) in [4.78, 5) is 25.0. The molecule has 2 N–H and O–H groups in total. The Hall–Kier alpha value is -1.30. The Balaban J connectivity index is 2.55. The first-order chi connectivity index (χ1) is 8.24. The van der Waals surface area contributed by atoms with Crippen LogP contribution in [0.15, 0.2) is 0 Å². The zero-order valence-electron chi connectivity index (χ0n) is 11.5. The van der Waals surface area contributed by atoms with Crippen molar-refractivity contribution in [1.82, 2.24) is 4.90 Å². The Kier molecular flexibility index (Phi) is 4.21. The molecule has 6 heteroatoms. The lowest BCUT2D eigenvalue weighted by Gasteiger charge is -2.47. The molecule has 1 rings (SSSR count). The van der Waals surface area contributed by atoms with Gasteiger partial charge in [-0.3, -0.25) is 4.79 Å². The molecule has 18 heavy (non-hydrogen) atoms. The van der Waals surface area contributed by atoms with E-state index in [9.17, 15) is 9.59 Å². The van der Waals surface area contributed by atoms with Gasteiger partial charge in [0.15, 0.2) is 0 Å². The Morgan fingerprint density at radius 3 is 2.28 bits per heavy atom. The molecule has 1 heterocycles. The number of carbonyl (C=O) groups excluding carboxylic acids is 2. The molecule has 0 saturated carbocycles. The lowest BCUT2D eigenvalue weighted by molar-refractivity contribution is -0.164. The zero-order valence-corrected chi connectivity index (χ0v) is 11.5. The second-order valence-electron chi connectivity index (χ2n) is 5.54. The fourth-order valence-electron chi connectivity index (χ4n) is 1.77. The number of rotatable bonds is 3. The van der Waals surface area contributed by atoms with Crippen LogP contribution in [0.4, 0.5) is 4.79 Å². The quantitative estimate of drug-likeness (QED) is 0.755. The molecule has 0 aromatic rings. The maximum Gasteiger partial charge on any atom is 0.410 e. The van der Waals surface area contributed by atoms with Gasteiger partial charge >= 0.3 is 12.1 Å². The van der Waals surface area contributed by atoms with Crippen molar-refractivity contribution in [2.45, 2.75) is 33.3 Å². The first kappa shape index (κ1) is 14.8. The highest BCUT2D eigenvalue weighted by Crippen LogP contribution is 2.32. The Bertz CT molecular complexity index is 329. The first-order valence-electron chi connectivity index (χ1n) is 6.09. The van der Waals surface area contributed by atoms with Crippen molar-refractivity contribution in [2.75, 3.05) is 26.2 Å². The molecule has 0 spiro atoms. The standard InChI is InChI=1S/C12H22N2O4/c1-5-17-9(15)12(6-13)7-14(8-12)10(16)18-11(2,3)4/h5-8,13H2,1-4H3. The van der Waals surface area contributed by atoms with Gasteiger partial charge in [-0.05, 0) is 27.7 Å². The molecule has 1 aliphatic heterocycles. The number of hydrogen-bond acceptors (Lipinski definition) is 5. The summed E-state index contributed by atoms with van der Waals surface area (Å²) in [7, 11) is 0. The first-order valence-corrected chi connectivity index (χ1v) is 6.09. The third kappa shape index (κ3) is 3.13. The molecular weight excluding hydrogens is 236 g/mol. The maximum absolute atomic E-state index is 11.8. The third-order valence-electron chi connectivity index (χ3n) is 2.74. The predicted molar refractivity (Wildman–Crippen MR) is 65.9 cm³/mol. The molecule has 1 aliphatic rings. The third-order valence-corrected chi connectivity index (χ3v) is 2.74. The van der Waals surface area contributed by atoms with E-state index < -0.39 is 17.1 Å². The van der Waals surface area contributed by atoms with Crippen LogP contribution >= 0.6 is 0 Å². The highest BCUT2D eigenvalue weighted by Gasteiger charge is 2.52. The summed E-state index contributed by atoms with van der Waals surface area (Å²) >= 11 is 0. The molecule has 1 amide bonds. The van der Waals surface area contributed by atoms with Crippen LogP contribution in [-0.2, 0) is 14.3 Å². The minimum Gasteiger partial charge on any atom is -0.465 e. The molecule has 0 atom stereocenters. The molecule has 104 valence electrons. The second kappa shape index (κ2) is 5.14. The van der Waals surface area contributed by atoms with Crippen molar-refractivity contribution in [3.05, 3.63) is 0 Å². The number of nitrogens with two attached hydrogens (primary N) is 1. The smallest absolute Gasteiger partial charge is 0.410 e. The number of esters is 1. The average Bonchev–Trinajstić information content (AvgIpc) is 2.14. The van der Waals surface area contributed by atoms with Crippen LogP contribution < -0.4 is 5.73 Å². The van der Waals surface area contributed by atoms with Gasteiger partial charge in [0.2, 0.25) is 0 Å². The van der Waals surface area contributed by atoms with Gasteiger partial charge in [-0.15, -0.1) is 0 Å². The lowest BCUT2D eigenvalue weighted by Crippen LogP contribution is -2.66. The van der Waals surface area contributed by atoms with E-state index in [4.69, 9.17) is 15.2 Å². The summed E-state index contributed by atoms with van der Waals surface area (Å²) < 4.78 is 10.2. The van der Waals surface area contributed by atoms with E-state index in [0.29, 0.717) is 6.61 Å². The summed E-state index contributed by atoms with van der Waals surface area (Å²) in [6, 6.07) is 0. The largest absolute Gasteiger partial charge is 0.465 e. The predicted octanol–water partition coefficient (Wildman–Crippen LogP) is 0.745. The molecule has 0 aliphatic carbocycles. The van der Waals surface area contributed by atoms with Crippen molar-refractivity contribution in [2.24, 2.45) is 11.1 Å². The highest BCUT2D eigenvalue weighted by molar-refractivity contribution is 5.82. The van der Waals surface area contributed by atoms with Crippen LogP contribution in [-0.4, -0.2) is 48.8 Å². The molecule has 0 aromatic carbocycles. The van der Waals surface area contributed by atoms with Crippen molar-refractivity contribution < 1.29 is 19.1 Å². The Labute approximate surface area is 107 Å². The Morgan fingerprint density at radius 2 is 1.89 bits per heavy atom. The summed E-state index contributed by atoms with van der Waals surface area (Å²) in [6.45, 7) is 8.14. The minimum absolute atomic E-state index is 0.172. The molecular formula is C12H22N2O4. The van der Waals surface area contributed by atoms with Crippen LogP contribution in [0.2, 0.25) is 0 Å². The van der Waals surface area contributed by atoms with Gasteiger partial charge in [-0.25, -0.2) is 4.79 Å². The van der Waals surface area contributed by atoms with Crippen LogP contribution in [0, 0.1) is 5.41 Å². The summed E-state index contributed by atoms with van der Waals surface area (Å²) in [5.41, 5.74) is 4.31. The van der Waals surface area contributed by atoms with Crippen molar-refractivity contribution in [3.63, 3.8) is 0 Å². The topological polar surface area (TPSA) is 81.9 Å². The Morgan fingerprint density at radius 1 is 1.33 bits per heavy atom. The van der Waals surface area contributed by atoms with E-state index >= 15 is 0 Å². The van der Waals surface area contributed by atoms with Gasteiger partial charge in [0.25, 0.3) is 0 Å². The molecule has 1 saturated heterocycles. The monoisotopic (exact) mass is 258 g/mol. The van der Waals surface area contributed by atoms with E-state index in [1.807, 2.05) is 0 Å². The van der Waals surface area contributed by atoms with Crippen LogP contribution in [0.1, 0.15) is 27.7 Å². The fourth-order valence-corrected chi connectivity index (χ4v) is 1.77. The van der Waals surface area contributed by atoms with Crippen molar-refractivity contribution in [1.29, 1.82) is 0 Å². The van der Waals surface area contributed by atoms with E-state index in [1.165, 1.54) is 4.90 Å². The highest BCUT2D eigenvalue weighted by atomic mass is 16.6. The van der Waals surface area contributed by atoms with Crippen molar-refractivity contribution in [3.8, 4) is 0 Å². The second-order valence-corrected chi connectivity index (χ2v) is 5.54.